The molecule has 154 valence electrons. The molecular weight excluding hydrogens is 394 g/mol. The van der Waals surface area contributed by atoms with E-state index in [1.165, 1.54) is 12.1 Å². The lowest BCUT2D eigenvalue weighted by atomic mass is 10.1. The Hall–Kier alpha value is -2.91. The van der Waals surface area contributed by atoms with E-state index in [0.29, 0.717) is 11.4 Å². The summed E-state index contributed by atoms with van der Waals surface area (Å²) in [5.41, 5.74) is 0.681. The predicted molar refractivity (Wildman–Crippen MR) is 108 cm³/mol. The van der Waals surface area contributed by atoms with Gasteiger partial charge in [0.2, 0.25) is 21.8 Å². The molecule has 0 spiro atoms. The van der Waals surface area contributed by atoms with Crippen LogP contribution in [-0.4, -0.2) is 47.0 Å². The third-order valence-electron chi connectivity index (χ3n) is 4.63. The number of carbonyl (C=O) groups is 2. The minimum atomic E-state index is -3.61. The van der Waals surface area contributed by atoms with Crippen LogP contribution in [0.5, 0.6) is 5.75 Å². The van der Waals surface area contributed by atoms with E-state index >= 15 is 0 Å². The van der Waals surface area contributed by atoms with Crippen molar-refractivity contribution in [2.75, 3.05) is 31.6 Å². The van der Waals surface area contributed by atoms with Crippen LogP contribution in [0, 0.1) is 5.92 Å². The monoisotopic (exact) mass is 417 g/mol. The molecular formula is C20H23N3O5S. The lowest BCUT2D eigenvalue weighted by molar-refractivity contribution is -0.126. The zero-order valence-corrected chi connectivity index (χ0v) is 16.8. The molecule has 9 heteroatoms. The fourth-order valence-corrected chi connectivity index (χ4v) is 4.16. The quantitative estimate of drug-likeness (QED) is 0.627. The molecule has 0 aromatic heterocycles. The molecule has 2 aromatic rings. The molecule has 2 amide bonds. The molecule has 0 aliphatic carbocycles. The first kappa shape index (κ1) is 20.8. The number of amides is 2. The van der Waals surface area contributed by atoms with Crippen LogP contribution >= 0.6 is 0 Å². The van der Waals surface area contributed by atoms with Gasteiger partial charge in [0, 0.05) is 37.8 Å². The Morgan fingerprint density at radius 2 is 1.90 bits per heavy atom. The summed E-state index contributed by atoms with van der Waals surface area (Å²) < 4.78 is 31.9. The zero-order chi connectivity index (χ0) is 20.9. The molecule has 2 aromatic carbocycles. The Kier molecular flexibility index (Phi) is 6.50. The Balaban J connectivity index is 1.49. The summed E-state index contributed by atoms with van der Waals surface area (Å²) in [5.74, 6) is -0.265. The molecule has 1 aliphatic heterocycles. The highest BCUT2D eigenvalue weighted by molar-refractivity contribution is 7.89. The van der Waals surface area contributed by atoms with Gasteiger partial charge in [-0.2, -0.15) is 0 Å². The lowest BCUT2D eigenvalue weighted by Crippen LogP contribution is -2.38. The van der Waals surface area contributed by atoms with Crippen molar-refractivity contribution in [2.45, 2.75) is 11.3 Å². The smallest absolute Gasteiger partial charge is 0.240 e. The summed E-state index contributed by atoms with van der Waals surface area (Å²) in [6.07, 6.45) is 0.110. The van der Waals surface area contributed by atoms with Crippen LogP contribution in [0.2, 0.25) is 0 Å². The second-order valence-electron chi connectivity index (χ2n) is 6.61. The molecule has 1 aliphatic rings. The largest absolute Gasteiger partial charge is 0.497 e. The van der Waals surface area contributed by atoms with Gasteiger partial charge in [-0.05, 0) is 24.3 Å². The standard InChI is InChI=1S/C20H23N3O5S/c1-28-17-7-5-6-16(13-17)23-14-15(12-19(23)24)20(25)21-10-11-22-29(26,27)18-8-3-2-4-9-18/h2-9,13,15,22H,10-12,14H2,1H3,(H,21,25)/t15-/m1/s1. The van der Waals surface area contributed by atoms with Gasteiger partial charge in [-0.1, -0.05) is 24.3 Å². The molecule has 3 rings (SSSR count). The van der Waals surface area contributed by atoms with Gasteiger partial charge in [-0.25, -0.2) is 13.1 Å². The summed E-state index contributed by atoms with van der Waals surface area (Å²) in [6.45, 7) is 0.464. The molecule has 1 saturated heterocycles. The maximum atomic E-state index is 12.4. The number of hydrogen-bond acceptors (Lipinski definition) is 5. The third-order valence-corrected chi connectivity index (χ3v) is 6.11. The SMILES string of the molecule is COc1cccc(N2C[C@H](C(=O)NCCNS(=O)(=O)c3ccccc3)CC2=O)c1. The summed E-state index contributed by atoms with van der Waals surface area (Å²) in [6, 6.07) is 15.1. The summed E-state index contributed by atoms with van der Waals surface area (Å²) >= 11 is 0. The number of hydrogen-bond donors (Lipinski definition) is 2. The van der Waals surface area contributed by atoms with E-state index in [0.717, 1.165) is 0 Å². The van der Waals surface area contributed by atoms with E-state index in [1.807, 2.05) is 0 Å². The number of methoxy groups -OCH3 is 1. The molecule has 0 bridgehead atoms. The number of sulfonamides is 1. The van der Waals surface area contributed by atoms with Crippen molar-refractivity contribution in [1.82, 2.24) is 10.0 Å². The zero-order valence-electron chi connectivity index (χ0n) is 16.0. The average molecular weight is 417 g/mol. The highest BCUT2D eigenvalue weighted by atomic mass is 32.2. The maximum Gasteiger partial charge on any atom is 0.240 e. The molecule has 29 heavy (non-hydrogen) atoms. The first-order valence-electron chi connectivity index (χ1n) is 9.17. The maximum absolute atomic E-state index is 12.4. The molecule has 0 saturated carbocycles. The summed E-state index contributed by atoms with van der Waals surface area (Å²) in [7, 11) is -2.06. The van der Waals surface area contributed by atoms with Crippen LogP contribution < -0.4 is 19.7 Å². The van der Waals surface area contributed by atoms with Gasteiger partial charge in [-0.15, -0.1) is 0 Å². The lowest BCUT2D eigenvalue weighted by Gasteiger charge is -2.17. The van der Waals surface area contributed by atoms with Crippen LogP contribution in [0.25, 0.3) is 0 Å². The molecule has 0 radical (unpaired) electrons. The van der Waals surface area contributed by atoms with Crippen molar-refractivity contribution in [1.29, 1.82) is 0 Å². The van der Waals surface area contributed by atoms with Gasteiger partial charge in [-0.3, -0.25) is 9.59 Å². The fraction of sp³-hybridized carbons (Fsp3) is 0.300. The molecule has 0 unspecified atom stereocenters. The van der Waals surface area contributed by atoms with Gasteiger partial charge in [0.05, 0.1) is 17.9 Å². The van der Waals surface area contributed by atoms with Crippen LogP contribution in [-0.2, 0) is 19.6 Å². The number of nitrogens with one attached hydrogen (secondary N) is 2. The second-order valence-corrected chi connectivity index (χ2v) is 8.38. The van der Waals surface area contributed by atoms with Crippen LogP contribution in [0.3, 0.4) is 0 Å². The first-order chi connectivity index (χ1) is 13.9. The molecule has 1 fully saturated rings. The van der Waals surface area contributed by atoms with E-state index < -0.39 is 15.9 Å². The third kappa shape index (κ3) is 5.12. The Morgan fingerprint density at radius 3 is 2.62 bits per heavy atom. The van der Waals surface area contributed by atoms with E-state index in [-0.39, 0.29) is 42.8 Å². The van der Waals surface area contributed by atoms with Gasteiger partial charge in [0.15, 0.2) is 0 Å². The minimum absolute atomic E-state index is 0.0588. The van der Waals surface area contributed by atoms with Gasteiger partial charge in [0.25, 0.3) is 0 Å². The normalized spacial score (nSPS) is 16.7. The van der Waals surface area contributed by atoms with E-state index in [9.17, 15) is 18.0 Å². The Labute approximate surface area is 169 Å². The molecule has 2 N–H and O–H groups in total. The topological polar surface area (TPSA) is 105 Å². The van der Waals surface area contributed by atoms with Gasteiger partial charge < -0.3 is 15.0 Å². The highest BCUT2D eigenvalue weighted by Crippen LogP contribution is 2.27. The van der Waals surface area contributed by atoms with Gasteiger partial charge >= 0.3 is 0 Å². The Bertz CT molecular complexity index is 979. The van der Waals surface area contributed by atoms with E-state index in [4.69, 9.17) is 4.74 Å². The predicted octanol–water partition coefficient (Wildman–Crippen LogP) is 1.14. The first-order valence-corrected chi connectivity index (χ1v) is 10.7. The van der Waals surface area contributed by atoms with E-state index in [1.54, 1.807) is 54.5 Å². The minimum Gasteiger partial charge on any atom is -0.497 e. The van der Waals surface area contributed by atoms with Crippen LogP contribution in [0.15, 0.2) is 59.5 Å². The molecule has 8 nitrogen and oxygen atoms in total. The fourth-order valence-electron chi connectivity index (χ4n) is 3.11. The Morgan fingerprint density at radius 1 is 1.14 bits per heavy atom. The number of anilines is 1. The highest BCUT2D eigenvalue weighted by Gasteiger charge is 2.35. The summed E-state index contributed by atoms with van der Waals surface area (Å²) in [5, 5.41) is 2.69. The molecule has 1 heterocycles. The van der Waals surface area contributed by atoms with Crippen molar-refractivity contribution in [3.63, 3.8) is 0 Å². The van der Waals surface area contributed by atoms with Crippen LogP contribution in [0.1, 0.15) is 6.42 Å². The van der Waals surface area contributed by atoms with Crippen molar-refractivity contribution in [3.05, 3.63) is 54.6 Å². The molecule has 1 atom stereocenters. The number of carbonyl (C=O) groups excluding carboxylic acids is 2. The van der Waals surface area contributed by atoms with Crippen molar-refractivity contribution in [2.24, 2.45) is 5.92 Å². The van der Waals surface area contributed by atoms with Crippen LogP contribution in [0.4, 0.5) is 5.69 Å². The van der Waals surface area contributed by atoms with Crippen molar-refractivity contribution >= 4 is 27.5 Å². The van der Waals surface area contributed by atoms with E-state index in [2.05, 4.69) is 10.0 Å². The van der Waals surface area contributed by atoms with Crippen molar-refractivity contribution in [3.8, 4) is 5.75 Å². The second kappa shape index (κ2) is 9.06. The number of nitrogens with zero attached hydrogens (tertiary/aromatic N) is 1. The van der Waals surface area contributed by atoms with Crippen molar-refractivity contribution < 1.29 is 22.7 Å². The number of benzene rings is 2. The number of rotatable bonds is 8. The average Bonchev–Trinajstić information content (AvgIpc) is 3.13. The summed E-state index contributed by atoms with van der Waals surface area (Å²) in [4.78, 5) is 26.4. The number of ether oxygens (including phenoxy) is 1. The van der Waals surface area contributed by atoms with Gasteiger partial charge in [0.1, 0.15) is 5.75 Å².